The van der Waals surface area contributed by atoms with Crippen LogP contribution in [0.3, 0.4) is 0 Å². The van der Waals surface area contributed by atoms with E-state index in [1.54, 1.807) is 6.08 Å². The third-order valence-electron chi connectivity index (χ3n) is 4.20. The van der Waals surface area contributed by atoms with Gasteiger partial charge in [0.15, 0.2) is 0 Å². The molecule has 0 saturated carbocycles. The molecule has 1 aliphatic heterocycles. The fourth-order valence-corrected chi connectivity index (χ4v) is 3.19. The molecule has 0 spiro atoms. The molecule has 0 aromatic rings. The third kappa shape index (κ3) is 2.95. The third-order valence-corrected chi connectivity index (χ3v) is 4.20. The summed E-state index contributed by atoms with van der Waals surface area (Å²) in [4.78, 5) is 27.9. The van der Waals surface area contributed by atoms with Crippen LogP contribution in [0.25, 0.3) is 0 Å². The number of carbonyl (C=O) groups is 2. The zero-order chi connectivity index (χ0) is 15.5. The Morgan fingerprint density at radius 3 is 3.05 bits per heavy atom. The standard InChI is InChI=1S/C17H20N2O3/c1-2-22-10-16(20)18-11-7-8-13-12-5-3-4-6-14(12)17(21)19-15(13)9-11/h7-9,13H,2-6,10H2,1H3,(H,19,21). The van der Waals surface area contributed by atoms with E-state index in [0.29, 0.717) is 12.3 Å². The average molecular weight is 300 g/mol. The number of nitrogens with zero attached hydrogens (tertiary/aromatic N) is 1. The zero-order valence-electron chi connectivity index (χ0n) is 12.7. The summed E-state index contributed by atoms with van der Waals surface area (Å²) in [5.41, 5.74) is 3.58. The van der Waals surface area contributed by atoms with Crippen LogP contribution < -0.4 is 5.32 Å². The molecule has 3 rings (SSSR count). The number of nitrogens with one attached hydrogen (secondary N) is 1. The quantitative estimate of drug-likeness (QED) is 0.867. The highest BCUT2D eigenvalue weighted by Crippen LogP contribution is 2.38. The summed E-state index contributed by atoms with van der Waals surface area (Å²) in [7, 11) is 0. The SMILES string of the molecule is CCOCC(=O)N=C1C=CC2C(=C1)NC(=O)C1=C2CCCC1. The first-order valence-corrected chi connectivity index (χ1v) is 7.81. The number of hydrogen-bond acceptors (Lipinski definition) is 3. The van der Waals surface area contributed by atoms with Gasteiger partial charge in [-0.25, -0.2) is 4.99 Å². The van der Waals surface area contributed by atoms with Gasteiger partial charge in [0.05, 0.1) is 5.71 Å². The van der Waals surface area contributed by atoms with Crippen LogP contribution in [-0.2, 0) is 14.3 Å². The minimum Gasteiger partial charge on any atom is -0.372 e. The molecule has 1 N–H and O–H groups in total. The van der Waals surface area contributed by atoms with Crippen molar-refractivity contribution in [1.29, 1.82) is 0 Å². The van der Waals surface area contributed by atoms with E-state index in [4.69, 9.17) is 4.74 Å². The van der Waals surface area contributed by atoms with Crippen LogP contribution in [0.2, 0.25) is 0 Å². The number of aliphatic imine (C=N–C) groups is 1. The van der Waals surface area contributed by atoms with Crippen LogP contribution in [0.5, 0.6) is 0 Å². The Bertz CT molecular complexity index is 626. The molecule has 0 radical (unpaired) electrons. The second kappa shape index (κ2) is 6.40. The predicted octanol–water partition coefficient (Wildman–Crippen LogP) is 2.06. The topological polar surface area (TPSA) is 67.8 Å². The molecule has 1 atom stereocenters. The van der Waals surface area contributed by atoms with Crippen LogP contribution >= 0.6 is 0 Å². The van der Waals surface area contributed by atoms with Crippen molar-refractivity contribution in [1.82, 2.24) is 5.32 Å². The summed E-state index contributed by atoms with van der Waals surface area (Å²) in [5.74, 6) is -0.169. The maximum absolute atomic E-state index is 12.2. The fourth-order valence-electron chi connectivity index (χ4n) is 3.19. The summed E-state index contributed by atoms with van der Waals surface area (Å²) in [6.45, 7) is 2.31. The van der Waals surface area contributed by atoms with Gasteiger partial charge in [0.2, 0.25) is 0 Å². The summed E-state index contributed by atoms with van der Waals surface area (Å²) in [6.07, 6.45) is 9.75. The maximum Gasteiger partial charge on any atom is 0.272 e. The van der Waals surface area contributed by atoms with Crippen molar-refractivity contribution < 1.29 is 14.3 Å². The van der Waals surface area contributed by atoms with Gasteiger partial charge in [-0.1, -0.05) is 6.08 Å². The lowest BCUT2D eigenvalue weighted by Crippen LogP contribution is -2.37. The zero-order valence-corrected chi connectivity index (χ0v) is 12.7. The molecule has 22 heavy (non-hydrogen) atoms. The normalized spacial score (nSPS) is 25.5. The predicted molar refractivity (Wildman–Crippen MR) is 83.3 cm³/mol. The van der Waals surface area contributed by atoms with Gasteiger partial charge in [0, 0.05) is 23.8 Å². The summed E-state index contributed by atoms with van der Waals surface area (Å²) < 4.78 is 5.05. The second-order valence-electron chi connectivity index (χ2n) is 5.67. The lowest BCUT2D eigenvalue weighted by atomic mass is 9.77. The van der Waals surface area contributed by atoms with Crippen molar-refractivity contribution in [2.75, 3.05) is 13.2 Å². The largest absolute Gasteiger partial charge is 0.372 e. The van der Waals surface area contributed by atoms with Crippen molar-refractivity contribution in [3.8, 4) is 0 Å². The molecule has 5 nitrogen and oxygen atoms in total. The van der Waals surface area contributed by atoms with Gasteiger partial charge in [-0.15, -0.1) is 0 Å². The molecule has 2 amide bonds. The molecule has 3 aliphatic rings. The fraction of sp³-hybridized carbons (Fsp3) is 0.471. The van der Waals surface area contributed by atoms with E-state index in [-0.39, 0.29) is 24.3 Å². The molecule has 0 aromatic heterocycles. The number of hydrogen-bond donors (Lipinski definition) is 1. The van der Waals surface area contributed by atoms with E-state index in [1.807, 2.05) is 19.1 Å². The Morgan fingerprint density at radius 2 is 2.23 bits per heavy atom. The van der Waals surface area contributed by atoms with E-state index in [1.165, 1.54) is 5.57 Å². The number of amides is 2. The highest BCUT2D eigenvalue weighted by Gasteiger charge is 2.32. The number of rotatable bonds is 3. The molecule has 0 aromatic carbocycles. The van der Waals surface area contributed by atoms with Crippen molar-refractivity contribution in [2.45, 2.75) is 32.6 Å². The van der Waals surface area contributed by atoms with E-state index < -0.39 is 0 Å². The van der Waals surface area contributed by atoms with Gasteiger partial charge in [-0.05, 0) is 50.3 Å². The first kappa shape index (κ1) is 14.9. The number of allylic oxidation sites excluding steroid dienone is 3. The average Bonchev–Trinajstić information content (AvgIpc) is 2.53. The highest BCUT2D eigenvalue weighted by atomic mass is 16.5. The minimum atomic E-state index is -0.309. The van der Waals surface area contributed by atoms with Crippen LogP contribution in [0.15, 0.2) is 40.1 Å². The van der Waals surface area contributed by atoms with Crippen molar-refractivity contribution in [2.24, 2.45) is 10.9 Å². The maximum atomic E-state index is 12.2. The molecule has 5 heteroatoms. The Balaban J connectivity index is 1.82. The first-order valence-electron chi connectivity index (χ1n) is 7.81. The Morgan fingerprint density at radius 1 is 1.41 bits per heavy atom. The van der Waals surface area contributed by atoms with Gasteiger partial charge in [0.1, 0.15) is 6.61 Å². The molecule has 1 heterocycles. The van der Waals surface area contributed by atoms with E-state index >= 15 is 0 Å². The minimum absolute atomic E-state index is 0.00694. The van der Waals surface area contributed by atoms with Crippen LogP contribution in [0, 0.1) is 5.92 Å². The summed E-state index contributed by atoms with van der Waals surface area (Å²) >= 11 is 0. The van der Waals surface area contributed by atoms with Gasteiger partial charge in [-0.3, -0.25) is 9.59 Å². The molecule has 1 unspecified atom stereocenters. The first-order chi connectivity index (χ1) is 10.7. The summed E-state index contributed by atoms with van der Waals surface area (Å²) in [5, 5.41) is 2.95. The molecule has 116 valence electrons. The van der Waals surface area contributed by atoms with E-state index in [9.17, 15) is 9.59 Å². The molecule has 0 bridgehead atoms. The summed E-state index contributed by atoms with van der Waals surface area (Å²) in [6, 6.07) is 0. The highest BCUT2D eigenvalue weighted by molar-refractivity contribution is 6.11. The second-order valence-corrected chi connectivity index (χ2v) is 5.67. The Hall–Kier alpha value is -2.01. The van der Waals surface area contributed by atoms with Gasteiger partial charge >= 0.3 is 0 Å². The lowest BCUT2D eigenvalue weighted by molar-refractivity contribution is -0.122. The molecular weight excluding hydrogens is 280 g/mol. The molecule has 0 fully saturated rings. The molecule has 2 aliphatic carbocycles. The van der Waals surface area contributed by atoms with Crippen LogP contribution in [0.1, 0.15) is 32.6 Å². The smallest absolute Gasteiger partial charge is 0.272 e. The van der Waals surface area contributed by atoms with E-state index in [2.05, 4.69) is 10.3 Å². The Labute approximate surface area is 129 Å². The number of fused-ring (bicyclic) bond motifs is 2. The van der Waals surface area contributed by atoms with Crippen LogP contribution in [0.4, 0.5) is 0 Å². The van der Waals surface area contributed by atoms with Crippen molar-refractivity contribution in [3.05, 3.63) is 35.1 Å². The lowest BCUT2D eigenvalue weighted by Gasteiger charge is -2.33. The number of carbonyl (C=O) groups excluding carboxylic acids is 2. The van der Waals surface area contributed by atoms with Gasteiger partial charge in [-0.2, -0.15) is 0 Å². The molecular formula is C17H20N2O3. The van der Waals surface area contributed by atoms with Crippen molar-refractivity contribution >= 4 is 17.5 Å². The van der Waals surface area contributed by atoms with Gasteiger partial charge in [0.25, 0.3) is 11.8 Å². The monoisotopic (exact) mass is 300 g/mol. The Kier molecular flexibility index (Phi) is 4.34. The van der Waals surface area contributed by atoms with Crippen molar-refractivity contribution in [3.63, 3.8) is 0 Å². The number of ether oxygens (including phenoxy) is 1. The van der Waals surface area contributed by atoms with E-state index in [0.717, 1.165) is 37.0 Å². The van der Waals surface area contributed by atoms with Crippen LogP contribution in [-0.4, -0.2) is 30.7 Å². The van der Waals surface area contributed by atoms with Gasteiger partial charge < -0.3 is 10.1 Å². The molecule has 0 saturated heterocycles.